The molecule has 2 aromatic carbocycles. The smallest absolute Gasteiger partial charge is 0.251 e. The summed E-state index contributed by atoms with van der Waals surface area (Å²) < 4.78 is 0. The Hall–Kier alpha value is -2.66. The summed E-state index contributed by atoms with van der Waals surface area (Å²) in [6, 6.07) is 15.6. The Balaban J connectivity index is 1.56. The highest BCUT2D eigenvalue weighted by Gasteiger charge is 2.45. The molecule has 2 aromatic rings. The van der Waals surface area contributed by atoms with Crippen LogP contribution in [0.5, 0.6) is 0 Å². The first-order chi connectivity index (χ1) is 14.4. The third-order valence-electron chi connectivity index (χ3n) is 6.78. The van der Waals surface area contributed by atoms with Gasteiger partial charge in [0.05, 0.1) is 5.54 Å². The van der Waals surface area contributed by atoms with Crippen LogP contribution >= 0.6 is 0 Å². The molecule has 1 saturated carbocycles. The zero-order valence-corrected chi connectivity index (χ0v) is 17.9. The van der Waals surface area contributed by atoms with Crippen LogP contribution in [0.25, 0.3) is 0 Å². The molecule has 1 aliphatic carbocycles. The first-order valence-corrected chi connectivity index (χ1v) is 10.9. The Morgan fingerprint density at radius 1 is 1.03 bits per heavy atom. The normalized spacial score (nSPS) is 22.8. The largest absolute Gasteiger partial charge is 0.348 e. The molecule has 4 rings (SSSR count). The zero-order valence-electron chi connectivity index (χ0n) is 17.9. The van der Waals surface area contributed by atoms with Crippen LogP contribution in [0.2, 0.25) is 0 Å². The number of aryl methyl sites for hydroxylation is 2. The number of hydrogen-bond acceptors (Lipinski definition) is 3. The second-order valence-corrected chi connectivity index (χ2v) is 9.03. The van der Waals surface area contributed by atoms with Gasteiger partial charge in [-0.2, -0.15) is 0 Å². The number of likely N-dealkylation sites (tertiary alicyclic amines) is 1. The molecule has 0 bridgehead atoms. The highest BCUT2D eigenvalue weighted by molar-refractivity contribution is 5.94. The first-order valence-electron chi connectivity index (χ1n) is 10.9. The highest BCUT2D eigenvalue weighted by Crippen LogP contribution is 2.34. The van der Waals surface area contributed by atoms with E-state index >= 15 is 0 Å². The summed E-state index contributed by atoms with van der Waals surface area (Å²) in [4.78, 5) is 27.8. The van der Waals surface area contributed by atoms with Gasteiger partial charge >= 0.3 is 0 Å². The summed E-state index contributed by atoms with van der Waals surface area (Å²) in [7, 11) is 0. The van der Waals surface area contributed by atoms with Crippen LogP contribution < -0.4 is 11.1 Å². The van der Waals surface area contributed by atoms with Crippen LogP contribution in [0.15, 0.2) is 48.5 Å². The van der Waals surface area contributed by atoms with Crippen molar-refractivity contribution in [2.45, 2.75) is 57.0 Å². The van der Waals surface area contributed by atoms with Gasteiger partial charge in [0.15, 0.2) is 0 Å². The van der Waals surface area contributed by atoms with Gasteiger partial charge in [0.2, 0.25) is 5.91 Å². The molecule has 2 atom stereocenters. The molecule has 5 heteroatoms. The van der Waals surface area contributed by atoms with Crippen molar-refractivity contribution in [1.82, 2.24) is 10.2 Å². The zero-order chi connectivity index (χ0) is 21.3. The van der Waals surface area contributed by atoms with Crippen molar-refractivity contribution < 1.29 is 9.59 Å². The van der Waals surface area contributed by atoms with E-state index in [-0.39, 0.29) is 23.8 Å². The summed E-state index contributed by atoms with van der Waals surface area (Å²) in [6.07, 6.45) is 3.31. The van der Waals surface area contributed by atoms with E-state index in [2.05, 4.69) is 37.4 Å². The first kappa shape index (κ1) is 20.6. The lowest BCUT2D eigenvalue weighted by molar-refractivity contribution is -0.141. The predicted molar refractivity (Wildman–Crippen MR) is 118 cm³/mol. The summed E-state index contributed by atoms with van der Waals surface area (Å²) >= 11 is 0. The fourth-order valence-electron chi connectivity index (χ4n) is 4.57. The fourth-order valence-corrected chi connectivity index (χ4v) is 4.57. The lowest BCUT2D eigenvalue weighted by atomic mass is 9.75. The molecule has 158 valence electrons. The summed E-state index contributed by atoms with van der Waals surface area (Å²) in [6.45, 7) is 5.38. The third-order valence-corrected chi connectivity index (χ3v) is 6.78. The lowest BCUT2D eigenvalue weighted by Crippen LogP contribution is -2.63. The van der Waals surface area contributed by atoms with E-state index in [1.165, 1.54) is 16.7 Å². The van der Waals surface area contributed by atoms with E-state index in [1.807, 2.05) is 35.2 Å². The van der Waals surface area contributed by atoms with Crippen LogP contribution in [0, 0.1) is 13.8 Å². The topological polar surface area (TPSA) is 75.4 Å². The maximum absolute atomic E-state index is 13.2. The van der Waals surface area contributed by atoms with E-state index in [9.17, 15) is 9.59 Å². The Labute approximate surface area is 178 Å². The number of hydrogen-bond donors (Lipinski definition) is 2. The van der Waals surface area contributed by atoms with Gasteiger partial charge in [-0.3, -0.25) is 9.59 Å². The monoisotopic (exact) mass is 405 g/mol. The minimum Gasteiger partial charge on any atom is -0.348 e. The maximum Gasteiger partial charge on any atom is 0.251 e. The second-order valence-electron chi connectivity index (χ2n) is 9.03. The van der Waals surface area contributed by atoms with E-state index in [4.69, 9.17) is 5.73 Å². The van der Waals surface area contributed by atoms with Crippen molar-refractivity contribution in [2.75, 3.05) is 13.1 Å². The SMILES string of the molecule is Cc1ccc(C2CC(NC(=O)c3ccccc3)CN(C(=O)C3(N)CCC3)C2)cc1C. The van der Waals surface area contributed by atoms with Gasteiger partial charge in [-0.25, -0.2) is 0 Å². The minimum atomic E-state index is -0.723. The summed E-state index contributed by atoms with van der Waals surface area (Å²) in [5.74, 6) is 0.104. The Morgan fingerprint density at radius 3 is 2.40 bits per heavy atom. The van der Waals surface area contributed by atoms with Crippen molar-refractivity contribution in [2.24, 2.45) is 5.73 Å². The van der Waals surface area contributed by atoms with Crippen molar-refractivity contribution in [3.05, 3.63) is 70.8 Å². The molecule has 5 nitrogen and oxygen atoms in total. The Kier molecular flexibility index (Phi) is 5.65. The predicted octanol–water partition coefficient (Wildman–Crippen LogP) is 3.30. The van der Waals surface area contributed by atoms with E-state index in [0.717, 1.165) is 25.7 Å². The molecular weight excluding hydrogens is 374 g/mol. The minimum absolute atomic E-state index is 0.0289. The standard InChI is InChI=1S/C25H31N3O2/c1-17-9-10-20(13-18(17)2)21-14-22(27-23(29)19-7-4-3-5-8-19)16-28(15-21)24(30)25(26)11-6-12-25/h3-5,7-10,13,21-22H,6,11-12,14-16,26H2,1-2H3,(H,27,29). The van der Waals surface area contributed by atoms with Crippen molar-refractivity contribution >= 4 is 11.8 Å². The average molecular weight is 406 g/mol. The second kappa shape index (κ2) is 8.23. The quantitative estimate of drug-likeness (QED) is 0.820. The van der Waals surface area contributed by atoms with Gasteiger partial charge in [0.1, 0.15) is 0 Å². The molecule has 3 N–H and O–H groups in total. The van der Waals surface area contributed by atoms with Crippen LogP contribution in [0.1, 0.15) is 58.6 Å². The van der Waals surface area contributed by atoms with Crippen LogP contribution in [-0.2, 0) is 4.79 Å². The van der Waals surface area contributed by atoms with Gasteiger partial charge in [0, 0.05) is 30.6 Å². The Bertz CT molecular complexity index is 937. The molecule has 1 aliphatic heterocycles. The van der Waals surface area contributed by atoms with Crippen molar-refractivity contribution in [3.8, 4) is 0 Å². The van der Waals surface area contributed by atoms with Gasteiger partial charge in [0.25, 0.3) is 5.91 Å². The average Bonchev–Trinajstić information content (AvgIpc) is 2.73. The molecule has 0 spiro atoms. The molecule has 1 saturated heterocycles. The maximum atomic E-state index is 13.2. The molecule has 0 aromatic heterocycles. The summed E-state index contributed by atoms with van der Waals surface area (Å²) in [5.41, 5.74) is 10.00. The number of nitrogens with zero attached hydrogens (tertiary/aromatic N) is 1. The van der Waals surface area contributed by atoms with Crippen LogP contribution in [-0.4, -0.2) is 41.4 Å². The highest BCUT2D eigenvalue weighted by atomic mass is 16.2. The van der Waals surface area contributed by atoms with Crippen LogP contribution in [0.4, 0.5) is 0 Å². The number of nitrogens with two attached hydrogens (primary N) is 1. The van der Waals surface area contributed by atoms with E-state index < -0.39 is 5.54 Å². The van der Waals surface area contributed by atoms with Crippen LogP contribution in [0.3, 0.4) is 0 Å². The number of carbonyl (C=O) groups is 2. The number of benzene rings is 2. The van der Waals surface area contributed by atoms with Gasteiger partial charge in [-0.05, 0) is 68.4 Å². The van der Waals surface area contributed by atoms with Crippen molar-refractivity contribution in [3.63, 3.8) is 0 Å². The lowest BCUT2D eigenvalue weighted by Gasteiger charge is -2.45. The molecule has 2 unspecified atom stereocenters. The van der Waals surface area contributed by atoms with Gasteiger partial charge in [-0.15, -0.1) is 0 Å². The third kappa shape index (κ3) is 4.12. The molecule has 2 aliphatic rings. The van der Waals surface area contributed by atoms with Gasteiger partial charge in [-0.1, -0.05) is 36.4 Å². The molecular formula is C25H31N3O2. The number of piperidine rings is 1. The molecule has 0 radical (unpaired) electrons. The molecule has 2 fully saturated rings. The number of carbonyl (C=O) groups excluding carboxylic acids is 2. The van der Waals surface area contributed by atoms with E-state index in [0.29, 0.717) is 18.7 Å². The van der Waals surface area contributed by atoms with Gasteiger partial charge < -0.3 is 16.0 Å². The molecule has 30 heavy (non-hydrogen) atoms. The number of amides is 2. The Morgan fingerprint density at radius 2 is 1.77 bits per heavy atom. The fraction of sp³-hybridized carbons (Fsp3) is 0.440. The molecule has 2 amide bonds. The number of rotatable bonds is 4. The molecule has 1 heterocycles. The van der Waals surface area contributed by atoms with E-state index in [1.54, 1.807) is 0 Å². The van der Waals surface area contributed by atoms with Crippen molar-refractivity contribution in [1.29, 1.82) is 0 Å². The summed E-state index contributed by atoms with van der Waals surface area (Å²) in [5, 5.41) is 3.16. The number of nitrogens with one attached hydrogen (secondary N) is 1.